The Labute approximate surface area is 95.7 Å². The summed E-state index contributed by atoms with van der Waals surface area (Å²) in [5, 5.41) is 8.70. The van der Waals surface area contributed by atoms with Crippen LogP contribution in [-0.2, 0) is 11.2 Å². The molecular formula is C11H16ClNO2. The van der Waals surface area contributed by atoms with E-state index in [1.54, 1.807) is 0 Å². The van der Waals surface area contributed by atoms with E-state index in [0.29, 0.717) is 6.42 Å². The van der Waals surface area contributed by atoms with Crippen molar-refractivity contribution in [1.82, 2.24) is 0 Å². The lowest BCUT2D eigenvalue weighted by molar-refractivity contribution is -0.138. The van der Waals surface area contributed by atoms with Gasteiger partial charge in [0.15, 0.2) is 0 Å². The second-order valence-corrected chi connectivity index (χ2v) is 3.52. The summed E-state index contributed by atoms with van der Waals surface area (Å²) in [5.41, 5.74) is 8.73. The van der Waals surface area contributed by atoms with Crippen LogP contribution in [0.15, 0.2) is 18.2 Å². The van der Waals surface area contributed by atoms with Gasteiger partial charge in [-0.05, 0) is 37.0 Å². The van der Waals surface area contributed by atoms with Gasteiger partial charge in [-0.1, -0.05) is 18.2 Å². The van der Waals surface area contributed by atoms with Crippen LogP contribution in [0.3, 0.4) is 0 Å². The van der Waals surface area contributed by atoms with Crippen LogP contribution in [0.1, 0.15) is 16.7 Å². The third-order valence-electron chi connectivity index (χ3n) is 2.39. The molecule has 0 aliphatic heterocycles. The largest absolute Gasteiger partial charge is 0.480 e. The van der Waals surface area contributed by atoms with Gasteiger partial charge in [0, 0.05) is 0 Å². The molecule has 1 rings (SSSR count). The fourth-order valence-corrected chi connectivity index (χ4v) is 1.48. The monoisotopic (exact) mass is 229 g/mol. The smallest absolute Gasteiger partial charge is 0.320 e. The van der Waals surface area contributed by atoms with Gasteiger partial charge in [-0.25, -0.2) is 0 Å². The van der Waals surface area contributed by atoms with Crippen LogP contribution in [0.5, 0.6) is 0 Å². The first-order chi connectivity index (χ1) is 6.52. The topological polar surface area (TPSA) is 63.3 Å². The van der Waals surface area contributed by atoms with E-state index in [-0.39, 0.29) is 12.4 Å². The van der Waals surface area contributed by atoms with E-state index in [1.807, 2.05) is 32.0 Å². The quantitative estimate of drug-likeness (QED) is 0.829. The highest BCUT2D eigenvalue weighted by Gasteiger charge is 2.14. The summed E-state index contributed by atoms with van der Waals surface area (Å²) in [7, 11) is 0. The molecule has 0 unspecified atom stereocenters. The zero-order valence-electron chi connectivity index (χ0n) is 8.86. The van der Waals surface area contributed by atoms with Crippen molar-refractivity contribution in [3.05, 3.63) is 34.9 Å². The second-order valence-electron chi connectivity index (χ2n) is 3.52. The minimum atomic E-state index is -0.951. The minimum absolute atomic E-state index is 0. The Morgan fingerprint density at radius 2 is 1.87 bits per heavy atom. The van der Waals surface area contributed by atoms with Crippen LogP contribution in [0.4, 0.5) is 0 Å². The molecule has 3 nitrogen and oxygen atoms in total. The number of aliphatic carboxylic acids is 1. The molecule has 0 heterocycles. The first-order valence-corrected chi connectivity index (χ1v) is 4.56. The maximum Gasteiger partial charge on any atom is 0.320 e. The van der Waals surface area contributed by atoms with Gasteiger partial charge in [0.2, 0.25) is 0 Å². The standard InChI is InChI=1S/C11H15NO2.ClH/c1-7-4-3-5-8(2)9(7)6-10(12)11(13)14;/h3-5,10H,6,12H2,1-2H3,(H,13,14);1H/t10-;/m0./s1. The Morgan fingerprint density at radius 3 is 2.27 bits per heavy atom. The number of hydrogen-bond acceptors (Lipinski definition) is 2. The average molecular weight is 230 g/mol. The normalized spacial score (nSPS) is 11.7. The number of halogens is 1. The highest BCUT2D eigenvalue weighted by molar-refractivity contribution is 5.85. The first kappa shape index (κ1) is 13.9. The van der Waals surface area contributed by atoms with Gasteiger partial charge in [0.25, 0.3) is 0 Å². The predicted octanol–water partition coefficient (Wildman–Crippen LogP) is 1.68. The van der Waals surface area contributed by atoms with E-state index in [4.69, 9.17) is 10.8 Å². The number of aryl methyl sites for hydroxylation is 2. The van der Waals surface area contributed by atoms with Crippen molar-refractivity contribution in [2.75, 3.05) is 0 Å². The molecule has 0 bridgehead atoms. The van der Waals surface area contributed by atoms with Crippen molar-refractivity contribution in [2.45, 2.75) is 26.3 Å². The molecule has 0 saturated heterocycles. The number of carboxylic acid groups (broad SMARTS) is 1. The summed E-state index contributed by atoms with van der Waals surface area (Å²) < 4.78 is 0. The summed E-state index contributed by atoms with van der Waals surface area (Å²) in [6, 6.07) is 5.09. The van der Waals surface area contributed by atoms with Crippen LogP contribution in [0.2, 0.25) is 0 Å². The molecule has 0 amide bonds. The third kappa shape index (κ3) is 3.53. The summed E-state index contributed by atoms with van der Waals surface area (Å²) in [5.74, 6) is -0.951. The molecule has 1 aromatic rings. The van der Waals surface area contributed by atoms with E-state index >= 15 is 0 Å². The summed E-state index contributed by atoms with van der Waals surface area (Å²) in [4.78, 5) is 10.6. The molecular weight excluding hydrogens is 214 g/mol. The molecule has 0 radical (unpaired) electrons. The molecule has 1 aromatic carbocycles. The Kier molecular flexibility index (Phi) is 5.33. The van der Waals surface area contributed by atoms with Crippen LogP contribution in [-0.4, -0.2) is 17.1 Å². The van der Waals surface area contributed by atoms with Gasteiger partial charge in [0.1, 0.15) is 6.04 Å². The zero-order chi connectivity index (χ0) is 10.7. The predicted molar refractivity (Wildman–Crippen MR) is 62.5 cm³/mol. The van der Waals surface area contributed by atoms with Crippen molar-refractivity contribution in [3.63, 3.8) is 0 Å². The number of carboxylic acids is 1. The van der Waals surface area contributed by atoms with E-state index in [1.165, 1.54) is 0 Å². The molecule has 84 valence electrons. The Hall–Kier alpha value is -1.06. The van der Waals surface area contributed by atoms with Crippen molar-refractivity contribution >= 4 is 18.4 Å². The van der Waals surface area contributed by atoms with Crippen LogP contribution < -0.4 is 5.73 Å². The SMILES string of the molecule is Cc1cccc(C)c1C[C@H](N)C(=O)O.Cl. The maximum absolute atomic E-state index is 10.6. The van der Waals surface area contributed by atoms with E-state index in [0.717, 1.165) is 16.7 Å². The molecule has 0 saturated carbocycles. The molecule has 0 aliphatic carbocycles. The maximum atomic E-state index is 10.6. The fourth-order valence-electron chi connectivity index (χ4n) is 1.48. The fraction of sp³-hybridized carbons (Fsp3) is 0.364. The highest BCUT2D eigenvalue weighted by atomic mass is 35.5. The Balaban J connectivity index is 0.00000196. The molecule has 3 N–H and O–H groups in total. The van der Waals surface area contributed by atoms with Crippen molar-refractivity contribution in [2.24, 2.45) is 5.73 Å². The summed E-state index contributed by atoms with van der Waals surface area (Å²) >= 11 is 0. The second kappa shape index (κ2) is 5.73. The highest BCUT2D eigenvalue weighted by Crippen LogP contribution is 2.14. The van der Waals surface area contributed by atoms with Gasteiger partial charge in [-0.15, -0.1) is 12.4 Å². The molecule has 0 spiro atoms. The molecule has 0 aliphatic rings. The summed E-state index contributed by atoms with van der Waals surface area (Å²) in [6.07, 6.45) is 0.397. The van der Waals surface area contributed by atoms with Crippen LogP contribution in [0.25, 0.3) is 0 Å². The lowest BCUT2D eigenvalue weighted by Gasteiger charge is -2.11. The van der Waals surface area contributed by atoms with Crippen molar-refractivity contribution in [1.29, 1.82) is 0 Å². The van der Waals surface area contributed by atoms with Crippen LogP contribution in [0, 0.1) is 13.8 Å². The van der Waals surface area contributed by atoms with Gasteiger partial charge in [-0.2, -0.15) is 0 Å². The third-order valence-corrected chi connectivity index (χ3v) is 2.39. The Morgan fingerprint density at radius 1 is 1.40 bits per heavy atom. The van der Waals surface area contributed by atoms with Crippen molar-refractivity contribution < 1.29 is 9.90 Å². The van der Waals surface area contributed by atoms with Gasteiger partial charge < -0.3 is 10.8 Å². The number of nitrogens with two attached hydrogens (primary N) is 1. The Bertz CT molecular complexity index is 332. The van der Waals surface area contributed by atoms with E-state index in [9.17, 15) is 4.79 Å². The average Bonchev–Trinajstić information content (AvgIpc) is 2.11. The number of benzene rings is 1. The number of rotatable bonds is 3. The summed E-state index contributed by atoms with van der Waals surface area (Å²) in [6.45, 7) is 3.94. The molecule has 15 heavy (non-hydrogen) atoms. The van der Waals surface area contributed by atoms with Crippen LogP contribution >= 0.6 is 12.4 Å². The first-order valence-electron chi connectivity index (χ1n) is 4.56. The van der Waals surface area contributed by atoms with Gasteiger partial charge >= 0.3 is 5.97 Å². The van der Waals surface area contributed by atoms with Crippen molar-refractivity contribution in [3.8, 4) is 0 Å². The minimum Gasteiger partial charge on any atom is -0.480 e. The number of hydrogen-bond donors (Lipinski definition) is 2. The van der Waals surface area contributed by atoms with E-state index < -0.39 is 12.0 Å². The molecule has 4 heteroatoms. The van der Waals surface area contributed by atoms with Gasteiger partial charge in [-0.3, -0.25) is 4.79 Å². The van der Waals surface area contributed by atoms with Gasteiger partial charge in [0.05, 0.1) is 0 Å². The molecule has 0 fully saturated rings. The molecule has 0 aromatic heterocycles. The lowest BCUT2D eigenvalue weighted by atomic mass is 9.97. The zero-order valence-corrected chi connectivity index (χ0v) is 9.67. The lowest BCUT2D eigenvalue weighted by Crippen LogP contribution is -2.32. The number of carbonyl (C=O) groups is 1. The molecule has 1 atom stereocenters. The van der Waals surface area contributed by atoms with E-state index in [2.05, 4.69) is 0 Å².